The number of phenolic OH excluding ortho intramolecular Hbond substituents is 1. The monoisotopic (exact) mass is 341 g/mol. The van der Waals surface area contributed by atoms with Gasteiger partial charge in [0, 0.05) is 5.56 Å². The Labute approximate surface area is 147 Å². The molecule has 0 radical (unpaired) electrons. The molecule has 0 aliphatic carbocycles. The first kappa shape index (κ1) is 18.5. The average molecular weight is 341 g/mol. The van der Waals surface area contributed by atoms with Crippen LogP contribution in [0.2, 0.25) is 0 Å². The van der Waals surface area contributed by atoms with Crippen molar-refractivity contribution in [2.24, 2.45) is 0 Å². The van der Waals surface area contributed by atoms with Crippen molar-refractivity contribution < 1.29 is 19.4 Å². The summed E-state index contributed by atoms with van der Waals surface area (Å²) >= 11 is 0. The zero-order valence-electron chi connectivity index (χ0n) is 14.3. The van der Waals surface area contributed by atoms with Crippen LogP contribution in [-0.4, -0.2) is 23.5 Å². The number of carbonyl (C=O) groups is 2. The molecule has 5 nitrogen and oxygen atoms in total. The minimum atomic E-state index is -0.538. The highest BCUT2D eigenvalue weighted by molar-refractivity contribution is 6.16. The number of ether oxygens (including phenoxy) is 1. The normalized spacial score (nSPS) is 10.4. The molecule has 2 aromatic rings. The van der Waals surface area contributed by atoms with Gasteiger partial charge in [-0.15, -0.1) is 0 Å². The van der Waals surface area contributed by atoms with Crippen molar-refractivity contribution in [3.63, 3.8) is 0 Å². The highest BCUT2D eigenvalue weighted by Crippen LogP contribution is 2.27. The van der Waals surface area contributed by atoms with Gasteiger partial charge in [0.2, 0.25) is 0 Å². The summed E-state index contributed by atoms with van der Waals surface area (Å²) in [6, 6.07) is 11.0. The Balaban J connectivity index is 2.18. The number of anilines is 1. The Morgan fingerprint density at radius 1 is 0.960 bits per heavy atom. The summed E-state index contributed by atoms with van der Waals surface area (Å²) in [5.74, 6) is -1.29. The molecule has 2 rings (SSSR count). The van der Waals surface area contributed by atoms with Crippen molar-refractivity contribution in [3.05, 3.63) is 59.2 Å². The van der Waals surface area contributed by atoms with E-state index in [1.807, 2.05) is 0 Å². The van der Waals surface area contributed by atoms with E-state index in [-0.39, 0.29) is 28.1 Å². The lowest BCUT2D eigenvalue weighted by Gasteiger charge is -2.10. The molecule has 3 N–H and O–H groups in total. The second-order valence-corrected chi connectivity index (χ2v) is 5.81. The molecule has 0 aliphatic rings. The van der Waals surface area contributed by atoms with Gasteiger partial charge in [-0.25, -0.2) is 4.79 Å². The fourth-order valence-corrected chi connectivity index (χ4v) is 2.52. The minimum absolute atomic E-state index is 0.0585. The number of hydrogen-bond acceptors (Lipinski definition) is 5. The predicted molar refractivity (Wildman–Crippen MR) is 96.8 cm³/mol. The summed E-state index contributed by atoms with van der Waals surface area (Å²) in [4.78, 5) is 25.1. The third-order valence-corrected chi connectivity index (χ3v) is 3.93. The molecule has 2 aromatic carbocycles. The SMILES string of the molecule is CCCCCCOC(=O)c1ccccc1C(=O)c1cccc(N)c1O. The van der Waals surface area contributed by atoms with Crippen LogP contribution in [0.5, 0.6) is 5.75 Å². The van der Waals surface area contributed by atoms with E-state index in [2.05, 4.69) is 6.92 Å². The maximum absolute atomic E-state index is 12.7. The second-order valence-electron chi connectivity index (χ2n) is 5.81. The molecule has 0 heterocycles. The predicted octanol–water partition coefficient (Wildman–Crippen LogP) is 3.94. The minimum Gasteiger partial charge on any atom is -0.505 e. The Bertz CT molecular complexity index is 755. The third-order valence-electron chi connectivity index (χ3n) is 3.93. The van der Waals surface area contributed by atoms with Crippen LogP contribution in [0.1, 0.15) is 58.9 Å². The Kier molecular flexibility index (Phi) is 6.57. The number of ketones is 1. The number of carbonyl (C=O) groups excluding carboxylic acids is 2. The topological polar surface area (TPSA) is 89.6 Å². The van der Waals surface area contributed by atoms with Crippen molar-refractivity contribution in [3.8, 4) is 5.75 Å². The lowest BCUT2D eigenvalue weighted by molar-refractivity contribution is 0.0495. The van der Waals surface area contributed by atoms with Crippen molar-refractivity contribution >= 4 is 17.4 Å². The van der Waals surface area contributed by atoms with Gasteiger partial charge < -0.3 is 15.6 Å². The molecule has 132 valence electrons. The number of nitrogen functional groups attached to an aromatic ring is 1. The number of unbranched alkanes of at least 4 members (excludes halogenated alkanes) is 3. The van der Waals surface area contributed by atoms with E-state index in [4.69, 9.17) is 10.5 Å². The third kappa shape index (κ3) is 4.59. The summed E-state index contributed by atoms with van der Waals surface area (Å²) in [6.07, 6.45) is 4.00. The van der Waals surface area contributed by atoms with E-state index in [1.54, 1.807) is 30.3 Å². The van der Waals surface area contributed by atoms with Crippen molar-refractivity contribution in [1.82, 2.24) is 0 Å². The highest BCUT2D eigenvalue weighted by Gasteiger charge is 2.21. The number of para-hydroxylation sites is 1. The second kappa shape index (κ2) is 8.87. The maximum Gasteiger partial charge on any atom is 0.338 e. The van der Waals surface area contributed by atoms with Gasteiger partial charge in [0.15, 0.2) is 5.78 Å². The van der Waals surface area contributed by atoms with E-state index in [0.717, 1.165) is 25.7 Å². The van der Waals surface area contributed by atoms with Gasteiger partial charge in [-0.1, -0.05) is 50.5 Å². The molecule has 5 heteroatoms. The van der Waals surface area contributed by atoms with Crippen LogP contribution in [-0.2, 0) is 4.74 Å². The zero-order valence-corrected chi connectivity index (χ0v) is 14.3. The molecule has 0 amide bonds. The van der Waals surface area contributed by atoms with Gasteiger partial charge in [0.25, 0.3) is 0 Å². The molecule has 0 spiro atoms. The molecule has 0 unspecified atom stereocenters. The Morgan fingerprint density at radius 3 is 2.36 bits per heavy atom. The quantitative estimate of drug-likeness (QED) is 0.249. The molecule has 0 saturated carbocycles. The largest absolute Gasteiger partial charge is 0.505 e. The van der Waals surface area contributed by atoms with Crippen molar-refractivity contribution in [2.75, 3.05) is 12.3 Å². The van der Waals surface area contributed by atoms with E-state index in [9.17, 15) is 14.7 Å². The first-order valence-electron chi connectivity index (χ1n) is 8.44. The van der Waals surface area contributed by atoms with Crippen LogP contribution in [0.4, 0.5) is 5.69 Å². The molecule has 0 atom stereocenters. The number of phenols is 1. The first-order valence-corrected chi connectivity index (χ1v) is 8.44. The summed E-state index contributed by atoms with van der Waals surface area (Å²) in [5, 5.41) is 10.0. The van der Waals surface area contributed by atoms with Gasteiger partial charge in [0.05, 0.1) is 23.4 Å². The lowest BCUT2D eigenvalue weighted by atomic mass is 9.97. The van der Waals surface area contributed by atoms with Crippen LogP contribution in [0, 0.1) is 0 Å². The van der Waals surface area contributed by atoms with Gasteiger partial charge in [-0.05, 0) is 24.6 Å². The van der Waals surface area contributed by atoms with Crippen molar-refractivity contribution in [2.45, 2.75) is 32.6 Å². The van der Waals surface area contributed by atoms with E-state index in [0.29, 0.717) is 6.61 Å². The van der Waals surface area contributed by atoms with Crippen LogP contribution in [0.15, 0.2) is 42.5 Å². The Morgan fingerprint density at radius 2 is 1.64 bits per heavy atom. The van der Waals surface area contributed by atoms with E-state index >= 15 is 0 Å². The molecule has 25 heavy (non-hydrogen) atoms. The zero-order chi connectivity index (χ0) is 18.2. The highest BCUT2D eigenvalue weighted by atomic mass is 16.5. The number of rotatable bonds is 8. The van der Waals surface area contributed by atoms with E-state index < -0.39 is 11.8 Å². The van der Waals surface area contributed by atoms with Gasteiger partial charge in [-0.2, -0.15) is 0 Å². The first-order chi connectivity index (χ1) is 12.1. The molecule has 0 saturated heterocycles. The molecule has 0 bridgehead atoms. The fraction of sp³-hybridized carbons (Fsp3) is 0.300. The van der Waals surface area contributed by atoms with Gasteiger partial charge in [0.1, 0.15) is 5.75 Å². The lowest BCUT2D eigenvalue weighted by Crippen LogP contribution is -2.13. The van der Waals surface area contributed by atoms with Gasteiger partial charge >= 0.3 is 5.97 Å². The average Bonchev–Trinajstić information content (AvgIpc) is 2.63. The molecule has 0 fully saturated rings. The number of nitrogens with two attached hydrogens (primary N) is 1. The summed E-state index contributed by atoms with van der Waals surface area (Å²) in [6.45, 7) is 2.44. The number of esters is 1. The number of benzene rings is 2. The molecule has 0 aromatic heterocycles. The smallest absolute Gasteiger partial charge is 0.338 e. The number of hydrogen-bond donors (Lipinski definition) is 2. The van der Waals surface area contributed by atoms with Crippen LogP contribution in [0.3, 0.4) is 0 Å². The van der Waals surface area contributed by atoms with Crippen LogP contribution < -0.4 is 5.73 Å². The fourth-order valence-electron chi connectivity index (χ4n) is 2.52. The van der Waals surface area contributed by atoms with Crippen LogP contribution >= 0.6 is 0 Å². The summed E-state index contributed by atoms with van der Waals surface area (Å²) < 4.78 is 5.28. The van der Waals surface area contributed by atoms with Crippen molar-refractivity contribution in [1.29, 1.82) is 0 Å². The maximum atomic E-state index is 12.7. The summed E-state index contributed by atoms with van der Waals surface area (Å²) in [7, 11) is 0. The van der Waals surface area contributed by atoms with Crippen LogP contribution in [0.25, 0.3) is 0 Å². The molecular formula is C20H23NO4. The summed E-state index contributed by atoms with van der Waals surface area (Å²) in [5.41, 5.74) is 6.18. The van der Waals surface area contributed by atoms with Gasteiger partial charge in [-0.3, -0.25) is 4.79 Å². The molecular weight excluding hydrogens is 318 g/mol. The molecule has 0 aliphatic heterocycles. The standard InChI is InChI=1S/C20H23NO4/c1-2-3-4-7-13-25-20(24)15-10-6-5-9-14(15)18(22)16-11-8-12-17(21)19(16)23/h5-6,8-12,23H,2-4,7,13,21H2,1H3. The number of aromatic hydroxyl groups is 1. The Hall–Kier alpha value is -2.82. The van der Waals surface area contributed by atoms with E-state index in [1.165, 1.54) is 12.1 Å².